The zero-order valence-electron chi connectivity index (χ0n) is 13.3. The number of rotatable bonds is 6. The fraction of sp³-hybridized carbons (Fsp3) is 0.188. The lowest BCUT2D eigenvalue weighted by molar-refractivity contribution is -0.116. The lowest BCUT2D eigenvalue weighted by Gasteiger charge is -2.15. The normalized spacial score (nSPS) is 12.3. The van der Waals surface area contributed by atoms with E-state index < -0.39 is 16.1 Å². The van der Waals surface area contributed by atoms with E-state index in [1.807, 2.05) is 12.1 Å². The first-order valence-electron chi connectivity index (χ1n) is 7.14. The topological polar surface area (TPSA) is 111 Å². The van der Waals surface area contributed by atoms with Crippen LogP contribution in [-0.4, -0.2) is 27.5 Å². The highest BCUT2D eigenvalue weighted by Gasteiger charge is 2.13. The fourth-order valence-corrected chi connectivity index (χ4v) is 2.50. The van der Waals surface area contributed by atoms with Crippen LogP contribution in [0.1, 0.15) is 6.92 Å². The Morgan fingerprint density at radius 2 is 1.58 bits per heavy atom. The minimum absolute atomic E-state index is 0.00935. The molecule has 0 aliphatic rings. The van der Waals surface area contributed by atoms with Crippen molar-refractivity contribution in [3.8, 4) is 5.75 Å². The Labute approximate surface area is 140 Å². The maximum absolute atomic E-state index is 12.2. The van der Waals surface area contributed by atoms with E-state index in [4.69, 9.17) is 9.88 Å². The summed E-state index contributed by atoms with van der Waals surface area (Å²) in [6.45, 7) is 1.72. The fourth-order valence-electron chi connectivity index (χ4n) is 1.98. The number of ether oxygens (including phenoxy) is 1. The molecule has 2 aromatic rings. The van der Waals surface area contributed by atoms with Gasteiger partial charge in [-0.1, -0.05) is 0 Å². The Bertz CT molecular complexity index is 802. The third kappa shape index (κ3) is 4.71. The Balaban J connectivity index is 1.98. The van der Waals surface area contributed by atoms with Gasteiger partial charge in [-0.3, -0.25) is 4.79 Å². The van der Waals surface area contributed by atoms with Gasteiger partial charge in [0.2, 0.25) is 15.9 Å². The van der Waals surface area contributed by atoms with Gasteiger partial charge >= 0.3 is 0 Å². The van der Waals surface area contributed by atoms with Crippen LogP contribution in [0.2, 0.25) is 0 Å². The molecule has 24 heavy (non-hydrogen) atoms. The molecule has 0 radical (unpaired) electrons. The van der Waals surface area contributed by atoms with Crippen LogP contribution in [-0.2, 0) is 14.8 Å². The first kappa shape index (κ1) is 17.8. The van der Waals surface area contributed by atoms with E-state index in [0.717, 1.165) is 11.4 Å². The van der Waals surface area contributed by atoms with Crippen molar-refractivity contribution in [3.05, 3.63) is 48.5 Å². The molecule has 0 spiro atoms. The molecule has 0 aliphatic carbocycles. The van der Waals surface area contributed by atoms with Gasteiger partial charge in [0.05, 0.1) is 12.0 Å². The molecule has 0 saturated heterocycles. The van der Waals surface area contributed by atoms with Gasteiger partial charge in [-0.2, -0.15) is 0 Å². The molecule has 8 heteroatoms. The number of nitrogens with two attached hydrogens (primary N) is 1. The summed E-state index contributed by atoms with van der Waals surface area (Å²) in [5.74, 6) is 0.474. The van der Waals surface area contributed by atoms with Crippen molar-refractivity contribution in [2.24, 2.45) is 5.14 Å². The van der Waals surface area contributed by atoms with Gasteiger partial charge in [0.15, 0.2) is 0 Å². The molecule has 0 saturated carbocycles. The number of nitrogens with one attached hydrogen (secondary N) is 2. The molecule has 1 amide bonds. The van der Waals surface area contributed by atoms with Gasteiger partial charge in [0, 0.05) is 11.4 Å². The second kappa shape index (κ2) is 7.33. The number of hydrogen-bond donors (Lipinski definition) is 3. The van der Waals surface area contributed by atoms with Gasteiger partial charge in [-0.05, 0) is 55.5 Å². The van der Waals surface area contributed by atoms with Crippen LogP contribution in [0.25, 0.3) is 0 Å². The van der Waals surface area contributed by atoms with Crippen molar-refractivity contribution < 1.29 is 17.9 Å². The Hall–Kier alpha value is -2.58. The number of hydrogen-bond acceptors (Lipinski definition) is 5. The van der Waals surface area contributed by atoms with Crippen LogP contribution in [0.15, 0.2) is 53.4 Å². The van der Waals surface area contributed by atoms with Crippen LogP contribution in [0.3, 0.4) is 0 Å². The monoisotopic (exact) mass is 349 g/mol. The van der Waals surface area contributed by atoms with E-state index >= 15 is 0 Å². The SMILES string of the molecule is COc1ccc(N[C@H](C)C(=O)Nc2ccc(S(N)(=O)=O)cc2)cc1. The van der Waals surface area contributed by atoms with Crippen LogP contribution >= 0.6 is 0 Å². The molecule has 4 N–H and O–H groups in total. The van der Waals surface area contributed by atoms with E-state index in [-0.39, 0.29) is 10.8 Å². The summed E-state index contributed by atoms with van der Waals surface area (Å²) in [7, 11) is -2.16. The number of anilines is 2. The predicted molar refractivity (Wildman–Crippen MR) is 92.5 cm³/mol. The first-order chi connectivity index (χ1) is 11.3. The average molecular weight is 349 g/mol. The van der Waals surface area contributed by atoms with E-state index in [9.17, 15) is 13.2 Å². The highest BCUT2D eigenvalue weighted by atomic mass is 32.2. The van der Waals surface area contributed by atoms with Gasteiger partial charge in [-0.15, -0.1) is 0 Å². The summed E-state index contributed by atoms with van der Waals surface area (Å²) in [6, 6.07) is 12.4. The van der Waals surface area contributed by atoms with Crippen LogP contribution < -0.4 is 20.5 Å². The number of methoxy groups -OCH3 is 1. The number of primary sulfonamides is 1. The number of carbonyl (C=O) groups excluding carboxylic acids is 1. The Morgan fingerprint density at radius 1 is 1.04 bits per heavy atom. The summed E-state index contributed by atoms with van der Waals surface area (Å²) >= 11 is 0. The number of sulfonamides is 1. The lowest BCUT2D eigenvalue weighted by atomic mass is 10.2. The van der Waals surface area contributed by atoms with E-state index in [0.29, 0.717) is 5.69 Å². The quantitative estimate of drug-likeness (QED) is 0.736. The molecule has 0 unspecified atom stereocenters. The second-order valence-corrected chi connectivity index (χ2v) is 6.71. The maximum atomic E-state index is 12.2. The van der Waals surface area contributed by atoms with Gasteiger partial charge in [0.25, 0.3) is 0 Å². The highest BCUT2D eigenvalue weighted by Crippen LogP contribution is 2.17. The van der Waals surface area contributed by atoms with Crippen molar-refractivity contribution in [2.45, 2.75) is 17.9 Å². The first-order valence-corrected chi connectivity index (χ1v) is 8.68. The van der Waals surface area contributed by atoms with E-state index in [2.05, 4.69) is 10.6 Å². The van der Waals surface area contributed by atoms with Gasteiger partial charge < -0.3 is 15.4 Å². The largest absolute Gasteiger partial charge is 0.497 e. The van der Waals surface area contributed by atoms with E-state index in [1.165, 1.54) is 24.3 Å². The molecule has 0 fully saturated rings. The van der Waals surface area contributed by atoms with Gasteiger partial charge in [-0.25, -0.2) is 13.6 Å². The Kier molecular flexibility index (Phi) is 5.42. The molecule has 1 atom stereocenters. The summed E-state index contributed by atoms with van der Waals surface area (Å²) in [5.41, 5.74) is 1.26. The summed E-state index contributed by atoms with van der Waals surface area (Å²) in [4.78, 5) is 12.2. The van der Waals surface area contributed by atoms with Crippen molar-refractivity contribution in [3.63, 3.8) is 0 Å². The molecular weight excluding hydrogens is 330 g/mol. The summed E-state index contributed by atoms with van der Waals surface area (Å²) in [5, 5.41) is 10.8. The minimum atomic E-state index is -3.75. The molecule has 2 rings (SSSR count). The van der Waals surface area contributed by atoms with Crippen molar-refractivity contribution in [1.29, 1.82) is 0 Å². The second-order valence-electron chi connectivity index (χ2n) is 5.15. The molecule has 128 valence electrons. The predicted octanol–water partition coefficient (Wildman–Crippen LogP) is 1.78. The zero-order valence-corrected chi connectivity index (χ0v) is 14.1. The molecular formula is C16H19N3O4S. The average Bonchev–Trinajstić information content (AvgIpc) is 2.55. The number of carbonyl (C=O) groups is 1. The number of amides is 1. The molecule has 0 aliphatic heterocycles. The highest BCUT2D eigenvalue weighted by molar-refractivity contribution is 7.89. The molecule has 0 aromatic heterocycles. The van der Waals surface area contributed by atoms with Gasteiger partial charge in [0.1, 0.15) is 11.8 Å². The molecule has 7 nitrogen and oxygen atoms in total. The number of benzene rings is 2. The minimum Gasteiger partial charge on any atom is -0.497 e. The van der Waals surface area contributed by atoms with Crippen molar-refractivity contribution in [2.75, 3.05) is 17.7 Å². The molecule has 0 bridgehead atoms. The summed E-state index contributed by atoms with van der Waals surface area (Å²) in [6.07, 6.45) is 0. The zero-order chi connectivity index (χ0) is 17.7. The van der Waals surface area contributed by atoms with E-state index in [1.54, 1.807) is 26.2 Å². The third-order valence-electron chi connectivity index (χ3n) is 3.32. The maximum Gasteiger partial charge on any atom is 0.246 e. The van der Waals surface area contributed by atoms with Crippen molar-refractivity contribution in [1.82, 2.24) is 0 Å². The smallest absolute Gasteiger partial charge is 0.246 e. The standard InChI is InChI=1S/C16H19N3O4S/c1-11(18-12-3-7-14(23-2)8-4-12)16(20)19-13-5-9-15(10-6-13)24(17,21)22/h3-11,18H,1-2H3,(H,19,20)(H2,17,21,22)/t11-/m1/s1. The molecule has 0 heterocycles. The van der Waals surface area contributed by atoms with Crippen LogP contribution in [0.4, 0.5) is 11.4 Å². The van der Waals surface area contributed by atoms with Crippen LogP contribution in [0, 0.1) is 0 Å². The Morgan fingerprint density at radius 3 is 2.08 bits per heavy atom. The van der Waals surface area contributed by atoms with Crippen molar-refractivity contribution >= 4 is 27.3 Å². The molecule has 2 aromatic carbocycles. The van der Waals surface area contributed by atoms with Crippen LogP contribution in [0.5, 0.6) is 5.75 Å². The lowest BCUT2D eigenvalue weighted by Crippen LogP contribution is -2.31. The summed E-state index contributed by atoms with van der Waals surface area (Å²) < 4.78 is 27.5. The third-order valence-corrected chi connectivity index (χ3v) is 4.25.